The predicted octanol–water partition coefficient (Wildman–Crippen LogP) is 5.60. The topological polar surface area (TPSA) is 205 Å². The fraction of sp³-hybridized carbons (Fsp3) is 0.244. The maximum absolute atomic E-state index is 15.5. The Balaban J connectivity index is 0.979. The molecular formula is C45H45FN10O6. The number of carbonyl (C=O) groups excluding carboxylic acids is 2. The van der Waals surface area contributed by atoms with Gasteiger partial charge in [-0.05, 0) is 53.6 Å². The van der Waals surface area contributed by atoms with Gasteiger partial charge in [0.05, 0.1) is 23.5 Å². The van der Waals surface area contributed by atoms with Crippen molar-refractivity contribution >= 4 is 40.0 Å². The van der Waals surface area contributed by atoms with Gasteiger partial charge in [-0.15, -0.1) is 5.10 Å². The normalized spacial score (nSPS) is 14.1. The van der Waals surface area contributed by atoms with Crippen molar-refractivity contribution in [3.05, 3.63) is 120 Å². The summed E-state index contributed by atoms with van der Waals surface area (Å²) in [4.78, 5) is 41.1. The number of amides is 2. The van der Waals surface area contributed by atoms with E-state index in [1.165, 1.54) is 41.1 Å². The molecule has 16 nitrogen and oxygen atoms in total. The Kier molecular flexibility index (Phi) is 11.3. The number of hydrogen-bond donors (Lipinski definition) is 6. The summed E-state index contributed by atoms with van der Waals surface area (Å²) in [5, 5.41) is 57.5. The number of phenolic OH excluding ortho intramolecular Hbond substituents is 3. The average molecular weight is 841 g/mol. The van der Waals surface area contributed by atoms with E-state index in [4.69, 9.17) is 9.97 Å². The second kappa shape index (κ2) is 17.1. The summed E-state index contributed by atoms with van der Waals surface area (Å²) in [6, 6.07) is 17.7. The van der Waals surface area contributed by atoms with Crippen LogP contribution in [-0.4, -0.2) is 94.6 Å². The molecule has 4 aromatic carbocycles. The SMILES string of the molecule is C=CC(=O)N1CCN(c2nc(NC=CC(=O)NCc3ccc(-n4c(O)nnc4-c4cc(C(C)C)c(O)cc4O)cc3F)nc3c2CCN(c2cc(O)cc4ccccc24)C3)CC1. The number of nitrogens with zero attached hydrogens (tertiary/aromatic N) is 8. The summed E-state index contributed by atoms with van der Waals surface area (Å²) < 4.78 is 16.7. The minimum Gasteiger partial charge on any atom is -0.508 e. The van der Waals surface area contributed by atoms with Crippen LogP contribution in [0.2, 0.25) is 0 Å². The molecule has 0 saturated carbocycles. The number of hydrogen-bond acceptors (Lipinski definition) is 13. The van der Waals surface area contributed by atoms with Crippen molar-refractivity contribution < 1.29 is 34.4 Å². The number of benzene rings is 4. The summed E-state index contributed by atoms with van der Waals surface area (Å²) in [5.41, 5.74) is 3.69. The van der Waals surface area contributed by atoms with Gasteiger partial charge >= 0.3 is 6.01 Å². The second-order valence-electron chi connectivity index (χ2n) is 15.4. The molecule has 6 N–H and O–H groups in total. The van der Waals surface area contributed by atoms with Crippen molar-refractivity contribution in [2.24, 2.45) is 0 Å². The number of fused-ring (bicyclic) bond motifs is 2. The summed E-state index contributed by atoms with van der Waals surface area (Å²) in [6.07, 6.45) is 4.61. The van der Waals surface area contributed by atoms with Gasteiger partial charge in [0.15, 0.2) is 5.82 Å². The van der Waals surface area contributed by atoms with Gasteiger partial charge in [0.1, 0.15) is 28.9 Å². The van der Waals surface area contributed by atoms with Crippen LogP contribution in [0.3, 0.4) is 0 Å². The number of anilines is 3. The van der Waals surface area contributed by atoms with Gasteiger partial charge in [-0.3, -0.25) is 9.59 Å². The molecule has 0 radical (unpaired) electrons. The molecule has 2 aliphatic rings. The number of halogens is 1. The standard InChI is InChI=1S/C45H45FN10O6/c1-4-41(61)53-15-17-54(18-16-53)42-32-12-14-55(37-21-30(57)19-27-7-5-6-8-31(27)37)25-36(32)49-44(50-42)47-13-11-40(60)48-24-28-9-10-29(20-35(28)46)56-43(51-52-45(56)62)34-22-33(26(2)3)38(58)23-39(34)59/h4-11,13,19-23,26,57-59H,1,12,14-18,24-25H2,2-3H3,(H,48,60)(H,52,62)(H,47,49,50). The molecule has 2 aliphatic heterocycles. The molecule has 0 atom stereocenters. The average Bonchev–Trinajstić information content (AvgIpc) is 3.65. The molecule has 0 aliphatic carbocycles. The Morgan fingerprint density at radius 1 is 0.903 bits per heavy atom. The summed E-state index contributed by atoms with van der Waals surface area (Å²) in [5.74, 6) is -0.625. The Labute approximate surface area is 355 Å². The van der Waals surface area contributed by atoms with E-state index < -0.39 is 17.7 Å². The maximum atomic E-state index is 15.5. The van der Waals surface area contributed by atoms with Gasteiger partial charge in [0, 0.05) is 85.9 Å². The predicted molar refractivity (Wildman–Crippen MR) is 232 cm³/mol. The van der Waals surface area contributed by atoms with E-state index in [0.717, 1.165) is 39.6 Å². The molecular weight excluding hydrogens is 796 g/mol. The van der Waals surface area contributed by atoms with Crippen LogP contribution < -0.4 is 20.4 Å². The van der Waals surface area contributed by atoms with Crippen molar-refractivity contribution in [3.63, 3.8) is 0 Å². The highest BCUT2D eigenvalue weighted by molar-refractivity contribution is 5.96. The number of phenols is 3. The molecule has 4 heterocycles. The molecule has 8 rings (SSSR count). The van der Waals surface area contributed by atoms with Crippen LogP contribution in [0.4, 0.5) is 21.8 Å². The third-order valence-electron chi connectivity index (χ3n) is 11.1. The van der Waals surface area contributed by atoms with Gasteiger partial charge in [0.25, 0.3) is 0 Å². The monoisotopic (exact) mass is 840 g/mol. The van der Waals surface area contributed by atoms with Crippen LogP contribution >= 0.6 is 0 Å². The van der Waals surface area contributed by atoms with Crippen molar-refractivity contribution in [3.8, 4) is 40.3 Å². The zero-order valence-electron chi connectivity index (χ0n) is 34.1. The molecule has 2 aromatic heterocycles. The summed E-state index contributed by atoms with van der Waals surface area (Å²) in [6.45, 7) is 10.4. The number of piperazine rings is 1. The van der Waals surface area contributed by atoms with Crippen LogP contribution in [0.5, 0.6) is 23.3 Å². The molecule has 318 valence electrons. The van der Waals surface area contributed by atoms with E-state index in [0.29, 0.717) is 51.3 Å². The molecule has 62 heavy (non-hydrogen) atoms. The van der Waals surface area contributed by atoms with E-state index in [-0.39, 0.29) is 64.2 Å². The van der Waals surface area contributed by atoms with Gasteiger partial charge in [-0.2, -0.15) is 4.98 Å². The number of rotatable bonds is 11. The second-order valence-corrected chi connectivity index (χ2v) is 15.4. The minimum atomic E-state index is -0.681. The number of aromatic nitrogens is 5. The van der Waals surface area contributed by atoms with E-state index in [9.17, 15) is 30.0 Å². The molecule has 0 spiro atoms. The smallest absolute Gasteiger partial charge is 0.319 e. The Bertz CT molecular complexity index is 2750. The largest absolute Gasteiger partial charge is 0.508 e. The first kappa shape index (κ1) is 41.1. The van der Waals surface area contributed by atoms with Crippen LogP contribution in [0.25, 0.3) is 27.8 Å². The molecule has 0 unspecified atom stereocenters. The molecule has 0 bridgehead atoms. The van der Waals surface area contributed by atoms with Crippen LogP contribution in [0.1, 0.15) is 42.1 Å². The number of nitrogens with one attached hydrogen (secondary N) is 2. The molecule has 1 fully saturated rings. The highest BCUT2D eigenvalue weighted by atomic mass is 19.1. The fourth-order valence-electron chi connectivity index (χ4n) is 7.92. The third-order valence-corrected chi connectivity index (χ3v) is 11.1. The van der Waals surface area contributed by atoms with Gasteiger partial charge in [-0.1, -0.05) is 55.9 Å². The van der Waals surface area contributed by atoms with Crippen molar-refractivity contribution in [2.75, 3.05) is 47.8 Å². The van der Waals surface area contributed by atoms with Gasteiger partial charge < -0.3 is 45.8 Å². The first-order valence-electron chi connectivity index (χ1n) is 20.1. The van der Waals surface area contributed by atoms with Crippen LogP contribution in [0.15, 0.2) is 91.7 Å². The van der Waals surface area contributed by atoms with Gasteiger partial charge in [0.2, 0.25) is 17.8 Å². The first-order chi connectivity index (χ1) is 29.9. The van der Waals surface area contributed by atoms with Crippen LogP contribution in [-0.2, 0) is 29.1 Å². The van der Waals surface area contributed by atoms with Crippen LogP contribution in [0, 0.1) is 5.82 Å². The highest BCUT2D eigenvalue weighted by Gasteiger charge is 2.29. The summed E-state index contributed by atoms with van der Waals surface area (Å²) >= 11 is 0. The molecule has 6 aromatic rings. The van der Waals surface area contributed by atoms with E-state index in [1.807, 2.05) is 38.1 Å². The fourth-order valence-corrected chi connectivity index (χ4v) is 7.92. The summed E-state index contributed by atoms with van der Waals surface area (Å²) in [7, 11) is 0. The zero-order valence-corrected chi connectivity index (χ0v) is 34.1. The molecule has 2 amide bonds. The van der Waals surface area contributed by atoms with Crippen molar-refractivity contribution in [1.29, 1.82) is 0 Å². The van der Waals surface area contributed by atoms with E-state index >= 15 is 4.39 Å². The quantitative estimate of drug-likeness (QED) is 0.0881. The third kappa shape index (κ3) is 8.24. The lowest BCUT2D eigenvalue weighted by atomic mass is 9.98. The number of aromatic hydroxyl groups is 4. The number of carbonyl (C=O) groups is 2. The lowest BCUT2D eigenvalue weighted by Gasteiger charge is -2.38. The van der Waals surface area contributed by atoms with Gasteiger partial charge in [-0.25, -0.2) is 13.9 Å². The minimum absolute atomic E-state index is 0.0278. The Hall–Kier alpha value is -7.69. The van der Waals surface area contributed by atoms with E-state index in [1.54, 1.807) is 23.1 Å². The highest BCUT2D eigenvalue weighted by Crippen LogP contribution is 2.40. The van der Waals surface area contributed by atoms with Crippen molar-refractivity contribution in [2.45, 2.75) is 39.3 Å². The Morgan fingerprint density at radius 3 is 2.45 bits per heavy atom. The lowest BCUT2D eigenvalue weighted by Crippen LogP contribution is -2.49. The van der Waals surface area contributed by atoms with E-state index in [2.05, 4.69) is 37.2 Å². The lowest BCUT2D eigenvalue weighted by molar-refractivity contribution is -0.126. The molecule has 17 heteroatoms. The maximum Gasteiger partial charge on any atom is 0.319 e. The molecule has 1 saturated heterocycles. The zero-order chi connectivity index (χ0) is 43.7. The first-order valence-corrected chi connectivity index (χ1v) is 20.1. The Morgan fingerprint density at radius 2 is 1.69 bits per heavy atom. The van der Waals surface area contributed by atoms with Crippen molar-refractivity contribution in [1.82, 2.24) is 34.9 Å².